The van der Waals surface area contributed by atoms with E-state index in [2.05, 4.69) is 19.2 Å². The minimum atomic E-state index is -0.191. The molecule has 0 aromatic heterocycles. The Bertz CT molecular complexity index is 226. The third kappa shape index (κ3) is 5.50. The molecule has 3 N–H and O–H groups in total. The van der Waals surface area contributed by atoms with E-state index in [1.54, 1.807) is 0 Å². The van der Waals surface area contributed by atoms with Gasteiger partial charge in [0.1, 0.15) is 0 Å². The zero-order chi connectivity index (χ0) is 12.0. The van der Waals surface area contributed by atoms with Gasteiger partial charge < -0.3 is 11.1 Å². The van der Waals surface area contributed by atoms with E-state index in [0.717, 1.165) is 13.0 Å². The fraction of sp³-hybridized carbons (Fsp3) is 0.923. The van der Waals surface area contributed by atoms with E-state index in [1.165, 1.54) is 32.1 Å². The molecule has 1 aliphatic rings. The van der Waals surface area contributed by atoms with Gasteiger partial charge in [-0.2, -0.15) is 0 Å². The van der Waals surface area contributed by atoms with Crippen LogP contribution in [0.15, 0.2) is 0 Å². The van der Waals surface area contributed by atoms with Crippen LogP contribution in [0.5, 0.6) is 0 Å². The Morgan fingerprint density at radius 1 is 1.38 bits per heavy atom. The number of hydrogen-bond acceptors (Lipinski definition) is 2. The third-order valence-corrected chi connectivity index (χ3v) is 3.61. The van der Waals surface area contributed by atoms with E-state index in [4.69, 9.17) is 5.73 Å². The van der Waals surface area contributed by atoms with Gasteiger partial charge >= 0.3 is 0 Å². The smallest absolute Gasteiger partial charge is 0.217 e. The van der Waals surface area contributed by atoms with Crippen LogP contribution in [0.25, 0.3) is 0 Å². The van der Waals surface area contributed by atoms with Crippen molar-refractivity contribution in [2.24, 2.45) is 11.1 Å². The second-order valence-corrected chi connectivity index (χ2v) is 5.82. The third-order valence-electron chi connectivity index (χ3n) is 3.61. The van der Waals surface area contributed by atoms with Crippen molar-refractivity contribution in [3.05, 3.63) is 0 Å². The van der Waals surface area contributed by atoms with Gasteiger partial charge in [-0.05, 0) is 44.1 Å². The highest BCUT2D eigenvalue weighted by atomic mass is 16.1. The first-order valence-electron chi connectivity index (χ1n) is 6.51. The summed E-state index contributed by atoms with van der Waals surface area (Å²) in [5.74, 6) is -0.191. The quantitative estimate of drug-likeness (QED) is 0.558. The normalized spacial score (nSPS) is 25.0. The van der Waals surface area contributed by atoms with Gasteiger partial charge in [0.2, 0.25) is 5.91 Å². The Morgan fingerprint density at radius 3 is 2.81 bits per heavy atom. The van der Waals surface area contributed by atoms with Gasteiger partial charge in [-0.3, -0.25) is 4.79 Å². The van der Waals surface area contributed by atoms with Gasteiger partial charge in [-0.25, -0.2) is 0 Å². The summed E-state index contributed by atoms with van der Waals surface area (Å²) in [6.45, 7) is 5.65. The number of amides is 1. The molecule has 0 saturated heterocycles. The van der Waals surface area contributed by atoms with E-state index in [9.17, 15) is 4.79 Å². The van der Waals surface area contributed by atoms with Crippen LogP contribution in [0.2, 0.25) is 0 Å². The first kappa shape index (κ1) is 13.5. The van der Waals surface area contributed by atoms with Gasteiger partial charge in [0.15, 0.2) is 0 Å². The molecule has 1 rings (SSSR count). The largest absolute Gasteiger partial charge is 0.370 e. The van der Waals surface area contributed by atoms with Crippen molar-refractivity contribution in [2.45, 2.75) is 64.8 Å². The topological polar surface area (TPSA) is 55.1 Å². The van der Waals surface area contributed by atoms with E-state index >= 15 is 0 Å². The second kappa shape index (κ2) is 6.24. The summed E-state index contributed by atoms with van der Waals surface area (Å²) in [6.07, 6.45) is 7.89. The van der Waals surface area contributed by atoms with Gasteiger partial charge in [0, 0.05) is 12.5 Å². The molecule has 16 heavy (non-hydrogen) atoms. The van der Waals surface area contributed by atoms with Crippen LogP contribution in [0.1, 0.15) is 58.8 Å². The van der Waals surface area contributed by atoms with Crippen molar-refractivity contribution >= 4 is 5.91 Å². The van der Waals surface area contributed by atoms with Gasteiger partial charge in [0.25, 0.3) is 0 Å². The summed E-state index contributed by atoms with van der Waals surface area (Å²) in [5, 5.41) is 3.55. The lowest BCUT2D eigenvalue weighted by Gasteiger charge is -2.22. The van der Waals surface area contributed by atoms with Crippen molar-refractivity contribution < 1.29 is 4.79 Å². The minimum absolute atomic E-state index is 0.191. The number of primary amides is 1. The number of nitrogens with one attached hydrogen (secondary N) is 1. The number of carbonyl (C=O) groups excluding carboxylic acids is 1. The predicted octanol–water partition coefficient (Wildman–Crippen LogP) is 2.20. The standard InChI is InChI=1S/C13H26N2O/c1-13(2)8-3-5-11(7-9-13)15-10-4-6-12(14)16/h11,15H,3-10H2,1-2H3,(H2,14,16). The molecule has 0 aromatic rings. The molecule has 3 nitrogen and oxygen atoms in total. The summed E-state index contributed by atoms with van der Waals surface area (Å²) < 4.78 is 0. The second-order valence-electron chi connectivity index (χ2n) is 5.82. The molecule has 0 aromatic carbocycles. The Labute approximate surface area is 99.2 Å². The van der Waals surface area contributed by atoms with Gasteiger partial charge in [0.05, 0.1) is 0 Å². The molecule has 1 aliphatic carbocycles. The Kier molecular flexibility index (Phi) is 5.26. The van der Waals surface area contributed by atoms with Crippen LogP contribution in [0, 0.1) is 5.41 Å². The molecular formula is C13H26N2O. The predicted molar refractivity (Wildman–Crippen MR) is 67.1 cm³/mol. The van der Waals surface area contributed by atoms with Crippen molar-refractivity contribution in [1.82, 2.24) is 5.32 Å². The average molecular weight is 226 g/mol. The summed E-state index contributed by atoms with van der Waals surface area (Å²) >= 11 is 0. The molecule has 94 valence electrons. The number of rotatable bonds is 5. The van der Waals surface area contributed by atoms with E-state index in [0.29, 0.717) is 17.9 Å². The van der Waals surface area contributed by atoms with Gasteiger partial charge in [-0.15, -0.1) is 0 Å². The monoisotopic (exact) mass is 226 g/mol. The molecule has 0 heterocycles. The van der Waals surface area contributed by atoms with Crippen LogP contribution in [-0.2, 0) is 4.79 Å². The van der Waals surface area contributed by atoms with Crippen molar-refractivity contribution in [1.29, 1.82) is 0 Å². The first-order valence-corrected chi connectivity index (χ1v) is 6.51. The van der Waals surface area contributed by atoms with Crippen LogP contribution in [0.3, 0.4) is 0 Å². The first-order chi connectivity index (χ1) is 7.49. The lowest BCUT2D eigenvalue weighted by atomic mass is 9.85. The summed E-state index contributed by atoms with van der Waals surface area (Å²) in [6, 6.07) is 0.648. The maximum Gasteiger partial charge on any atom is 0.217 e. The van der Waals surface area contributed by atoms with Crippen LogP contribution in [0.4, 0.5) is 0 Å². The van der Waals surface area contributed by atoms with Crippen LogP contribution < -0.4 is 11.1 Å². The fourth-order valence-electron chi connectivity index (χ4n) is 2.43. The summed E-state index contributed by atoms with van der Waals surface area (Å²) in [5.41, 5.74) is 5.62. The molecule has 1 amide bonds. The van der Waals surface area contributed by atoms with Crippen molar-refractivity contribution in [2.75, 3.05) is 6.54 Å². The number of hydrogen-bond donors (Lipinski definition) is 2. The molecule has 0 bridgehead atoms. The fourth-order valence-corrected chi connectivity index (χ4v) is 2.43. The molecule has 1 fully saturated rings. The number of carbonyl (C=O) groups is 1. The molecule has 3 heteroatoms. The molecule has 1 saturated carbocycles. The van der Waals surface area contributed by atoms with Gasteiger partial charge in [-0.1, -0.05) is 20.3 Å². The van der Waals surface area contributed by atoms with Crippen molar-refractivity contribution in [3.8, 4) is 0 Å². The van der Waals surface area contributed by atoms with E-state index in [1.807, 2.05) is 0 Å². The van der Waals surface area contributed by atoms with E-state index in [-0.39, 0.29) is 5.91 Å². The molecule has 1 unspecified atom stereocenters. The molecule has 0 aliphatic heterocycles. The van der Waals surface area contributed by atoms with Crippen LogP contribution in [-0.4, -0.2) is 18.5 Å². The highest BCUT2D eigenvalue weighted by Gasteiger charge is 2.23. The zero-order valence-electron chi connectivity index (χ0n) is 10.7. The molecular weight excluding hydrogens is 200 g/mol. The molecule has 0 radical (unpaired) electrons. The number of nitrogens with two attached hydrogens (primary N) is 1. The summed E-state index contributed by atoms with van der Waals surface area (Å²) in [4.78, 5) is 10.6. The zero-order valence-corrected chi connectivity index (χ0v) is 10.7. The van der Waals surface area contributed by atoms with Crippen molar-refractivity contribution in [3.63, 3.8) is 0 Å². The lowest BCUT2D eigenvalue weighted by molar-refractivity contribution is -0.118. The Balaban J connectivity index is 2.15. The molecule has 1 atom stereocenters. The average Bonchev–Trinajstić information content (AvgIpc) is 2.34. The maximum absolute atomic E-state index is 10.6. The molecule has 0 spiro atoms. The highest BCUT2D eigenvalue weighted by molar-refractivity contribution is 5.73. The summed E-state index contributed by atoms with van der Waals surface area (Å²) in [7, 11) is 0. The SMILES string of the molecule is CC1(C)CCCC(NCCCC(N)=O)CC1. The van der Waals surface area contributed by atoms with Crippen LogP contribution >= 0.6 is 0 Å². The Morgan fingerprint density at radius 2 is 2.12 bits per heavy atom. The Hall–Kier alpha value is -0.570. The maximum atomic E-state index is 10.6. The highest BCUT2D eigenvalue weighted by Crippen LogP contribution is 2.33. The van der Waals surface area contributed by atoms with E-state index < -0.39 is 0 Å². The minimum Gasteiger partial charge on any atom is -0.370 e. The lowest BCUT2D eigenvalue weighted by Crippen LogP contribution is -2.30.